The zero-order valence-electron chi connectivity index (χ0n) is 39.4. The van der Waals surface area contributed by atoms with Gasteiger partial charge in [-0.25, -0.2) is 19.2 Å². The minimum absolute atomic E-state index is 0.0685. The van der Waals surface area contributed by atoms with Crippen LogP contribution in [0.25, 0.3) is 0 Å². The molecule has 61 heavy (non-hydrogen) atoms. The van der Waals surface area contributed by atoms with Crippen LogP contribution in [0.2, 0.25) is 0 Å². The van der Waals surface area contributed by atoms with Gasteiger partial charge in [-0.15, -0.1) is 9.34 Å². The van der Waals surface area contributed by atoms with Gasteiger partial charge < -0.3 is 0 Å². The lowest BCUT2D eigenvalue weighted by Crippen LogP contribution is -2.38. The van der Waals surface area contributed by atoms with Gasteiger partial charge in [-0.05, 0) is 91.9 Å². The summed E-state index contributed by atoms with van der Waals surface area (Å²) in [5.41, 5.74) is 7.43. The smallest absolute Gasteiger partial charge is 0.243 e. The molecule has 0 bridgehead atoms. The van der Waals surface area contributed by atoms with E-state index in [0.717, 1.165) is 44.5 Å². The van der Waals surface area contributed by atoms with E-state index in [1.165, 1.54) is 9.80 Å². The van der Waals surface area contributed by atoms with Crippen molar-refractivity contribution in [2.75, 3.05) is 19.1 Å². The Hall–Kier alpha value is -4.81. The summed E-state index contributed by atoms with van der Waals surface area (Å²) in [6, 6.07) is 22.7. The molecule has 6 rings (SSSR count). The number of hydrogen-bond acceptors (Lipinski definition) is 4. The van der Waals surface area contributed by atoms with Gasteiger partial charge in [-0.3, -0.25) is 0 Å². The summed E-state index contributed by atoms with van der Waals surface area (Å²) in [5.74, 6) is -0.658. The average Bonchev–Trinajstić information content (AvgIpc) is 3.55. The van der Waals surface area contributed by atoms with Crippen LogP contribution in [0.5, 0.6) is 0 Å². The number of carbonyl (C=O) groups excluding carboxylic acids is 4. The van der Waals surface area contributed by atoms with E-state index < -0.39 is 30.9 Å². The summed E-state index contributed by atoms with van der Waals surface area (Å²) < 4.78 is 3.13. The second kappa shape index (κ2) is 17.2. The van der Waals surface area contributed by atoms with Gasteiger partial charge in [0, 0.05) is 0 Å². The number of amides is 6. The molecule has 1 spiro atoms. The molecule has 9 heteroatoms. The molecule has 2 heterocycles. The van der Waals surface area contributed by atoms with Crippen LogP contribution in [-0.2, 0) is 0 Å². The van der Waals surface area contributed by atoms with E-state index in [0.29, 0.717) is 22.7 Å². The summed E-state index contributed by atoms with van der Waals surface area (Å²) in [6.07, 6.45) is 0. The van der Waals surface area contributed by atoms with Crippen molar-refractivity contribution in [3.05, 3.63) is 117 Å². The first-order chi connectivity index (χ1) is 28.6. The molecule has 4 aromatic carbocycles. The fraction of sp³-hybridized carbons (Fsp3) is 0.462. The minimum atomic E-state index is -4.52. The molecule has 2 aliphatic rings. The Balaban J connectivity index is 1.92. The molecule has 0 atom stereocenters. The maximum Gasteiger partial charge on any atom is 0.432 e. The Kier molecular flexibility index (Phi) is 12.9. The van der Waals surface area contributed by atoms with Gasteiger partial charge in [0.25, 0.3) is 0 Å². The van der Waals surface area contributed by atoms with Crippen LogP contribution in [0.4, 0.5) is 41.9 Å². The number of anilines is 4. The van der Waals surface area contributed by atoms with E-state index in [1.807, 2.05) is 72.8 Å². The number of para-hydroxylation sites is 4. The molecule has 2 fully saturated rings. The van der Waals surface area contributed by atoms with Crippen LogP contribution in [0.3, 0.4) is 0 Å². The molecule has 8 nitrogen and oxygen atoms in total. The van der Waals surface area contributed by atoms with Crippen LogP contribution >= 0.6 is 7.56 Å². The van der Waals surface area contributed by atoms with Gasteiger partial charge in [0.2, 0.25) is 0 Å². The Labute approximate surface area is 366 Å². The van der Waals surface area contributed by atoms with Crippen molar-refractivity contribution in [3.63, 3.8) is 0 Å². The van der Waals surface area contributed by atoms with Crippen LogP contribution in [-0.4, -0.2) is 23.4 Å². The van der Waals surface area contributed by atoms with Crippen molar-refractivity contribution < 1.29 is 19.2 Å². The summed E-state index contributed by atoms with van der Waals surface area (Å²) in [4.78, 5) is 69.0. The fourth-order valence-electron chi connectivity index (χ4n) is 9.31. The number of imide groups is 2. The molecule has 0 radical (unpaired) electrons. The van der Waals surface area contributed by atoms with Crippen LogP contribution in [0.1, 0.15) is 203 Å². The summed E-state index contributed by atoms with van der Waals surface area (Å²) in [6.45, 7) is 33.1. The molecular weight excluding hydrogens is 776 g/mol. The maximum atomic E-state index is 16.8. The van der Waals surface area contributed by atoms with Gasteiger partial charge in [0.15, 0.2) is 0 Å². The van der Waals surface area contributed by atoms with E-state index in [4.69, 9.17) is 0 Å². The quantitative estimate of drug-likeness (QED) is 0.133. The minimum Gasteiger partial charge on any atom is -0.243 e. The number of benzene rings is 4. The van der Waals surface area contributed by atoms with Crippen molar-refractivity contribution >= 4 is 53.7 Å². The first-order valence-electron chi connectivity index (χ1n) is 22.4. The lowest BCUT2D eigenvalue weighted by atomic mass is 9.92. The Morgan fingerprint density at radius 1 is 0.311 bits per heavy atom. The zero-order chi connectivity index (χ0) is 45.2. The van der Waals surface area contributed by atoms with E-state index in [2.05, 4.69) is 111 Å². The van der Waals surface area contributed by atoms with Crippen molar-refractivity contribution in [2.45, 2.75) is 158 Å². The summed E-state index contributed by atoms with van der Waals surface area (Å²) in [5, 5.41) is 0. The Morgan fingerprint density at radius 2 is 0.492 bits per heavy atom. The Bertz CT molecular complexity index is 2100. The first-order valence-corrected chi connectivity index (χ1v) is 24.1. The van der Waals surface area contributed by atoms with E-state index in [-0.39, 0.29) is 47.3 Å². The molecule has 0 unspecified atom stereocenters. The van der Waals surface area contributed by atoms with Crippen molar-refractivity contribution in [1.82, 2.24) is 0 Å². The van der Waals surface area contributed by atoms with Gasteiger partial charge in [-0.1, -0.05) is 184 Å². The van der Waals surface area contributed by atoms with Crippen molar-refractivity contribution in [2.24, 2.45) is 0 Å². The fourth-order valence-corrected chi connectivity index (χ4v) is 13.0. The highest BCUT2D eigenvalue weighted by Crippen LogP contribution is 2.79. The third kappa shape index (κ3) is 7.21. The van der Waals surface area contributed by atoms with Gasteiger partial charge >= 0.3 is 30.9 Å². The average molecular weight is 844 g/mol. The van der Waals surface area contributed by atoms with E-state index in [9.17, 15) is 0 Å². The van der Waals surface area contributed by atoms with Gasteiger partial charge in [0.05, 0.1) is 22.7 Å². The number of urea groups is 2. The normalized spacial score (nSPS) is 15.9. The number of nitrogens with zero attached hydrogens (tertiary/aromatic N) is 4. The van der Waals surface area contributed by atoms with E-state index in [1.54, 1.807) is 9.34 Å². The molecule has 0 N–H and O–H groups in total. The predicted molar refractivity (Wildman–Crippen MR) is 257 cm³/mol. The topological polar surface area (TPSA) is 81.2 Å². The highest BCUT2D eigenvalue weighted by molar-refractivity contribution is 8.09. The molecule has 0 aromatic heterocycles. The van der Waals surface area contributed by atoms with E-state index >= 15 is 19.2 Å². The largest absolute Gasteiger partial charge is 0.432 e. The lowest BCUT2D eigenvalue weighted by Gasteiger charge is -2.32. The second-order valence-corrected chi connectivity index (χ2v) is 22.2. The summed E-state index contributed by atoms with van der Waals surface area (Å²) >= 11 is 0. The molecule has 6 amide bonds. The lowest BCUT2D eigenvalue weighted by molar-refractivity contribution is 0.250. The molecular formula is C52H68N4O4P+. The van der Waals surface area contributed by atoms with Crippen molar-refractivity contribution in [3.8, 4) is 0 Å². The standard InChI is InChI=1S/C52H68N4O4P/c1-29(2)37-21-17-22-38(30(3)4)45(37)53-49(57)55(47-41(33(9)10)25-19-26-42(47)34(11)12)61(51(53)59)52(60)54(46-39(31(5)6)23-18-24-40(46)32(7)8)50(58)56(61)48-43(35(13)14)27-20-28-44(48)36(15)16/h17-36H,1-16H3/q+1. The second-order valence-electron chi connectivity index (χ2n) is 19.4. The monoisotopic (exact) mass is 843 g/mol. The first kappa shape index (κ1) is 45.7. The number of carbonyl (C=O) groups is 4. The van der Waals surface area contributed by atoms with Crippen LogP contribution in [0, 0.1) is 0 Å². The van der Waals surface area contributed by atoms with Crippen LogP contribution < -0.4 is 19.1 Å². The molecule has 4 aromatic rings. The number of rotatable bonds is 12. The van der Waals surface area contributed by atoms with Crippen molar-refractivity contribution in [1.29, 1.82) is 0 Å². The molecule has 0 saturated carbocycles. The highest BCUT2D eigenvalue weighted by Gasteiger charge is 2.85. The maximum absolute atomic E-state index is 16.8. The van der Waals surface area contributed by atoms with Crippen LogP contribution in [0.15, 0.2) is 72.8 Å². The molecule has 0 aliphatic carbocycles. The predicted octanol–water partition coefficient (Wildman–Crippen LogP) is 16.4. The number of hydrogen-bond donors (Lipinski definition) is 0. The Morgan fingerprint density at radius 3 is 0.672 bits per heavy atom. The third-order valence-electron chi connectivity index (χ3n) is 12.5. The van der Waals surface area contributed by atoms with Gasteiger partial charge in [0.1, 0.15) is 0 Å². The molecule has 2 aliphatic heterocycles. The summed E-state index contributed by atoms with van der Waals surface area (Å²) in [7, 11) is -4.52. The molecule has 324 valence electrons. The zero-order valence-corrected chi connectivity index (χ0v) is 40.3. The third-order valence-corrected chi connectivity index (χ3v) is 15.8. The van der Waals surface area contributed by atoms with Gasteiger partial charge in [-0.2, -0.15) is 9.80 Å². The SMILES string of the molecule is CC(C)c1cccc(C(C)C)c1N1C(=O)N(c2c(C(C)C)cccc2C(C)C)[P+]2(C1=O)C(=O)N(c1c(C(C)C)cccc1C(C)C)C(=O)N2c1c(C(C)C)cccc1C(C)C. The highest BCUT2D eigenvalue weighted by atomic mass is 31.2. The molecule has 2 saturated heterocycles.